The van der Waals surface area contributed by atoms with Crippen LogP contribution >= 0.6 is 11.8 Å². The van der Waals surface area contributed by atoms with Gasteiger partial charge in [-0.3, -0.25) is 14.4 Å². The summed E-state index contributed by atoms with van der Waals surface area (Å²) in [6.45, 7) is 0. The molecule has 0 bridgehead atoms. The molecule has 1 unspecified atom stereocenters. The van der Waals surface area contributed by atoms with Crippen molar-refractivity contribution in [3.05, 3.63) is 35.4 Å². The zero-order valence-corrected chi connectivity index (χ0v) is 11.0. The molecule has 2 heterocycles. The number of hydrogen-bond acceptors (Lipinski definition) is 6. The van der Waals surface area contributed by atoms with Crippen molar-refractivity contribution < 1.29 is 24.0 Å². The van der Waals surface area contributed by atoms with E-state index in [4.69, 9.17) is 4.84 Å². The summed E-state index contributed by atoms with van der Waals surface area (Å²) < 4.78 is 0. The number of rotatable bonds is 2. The van der Waals surface area contributed by atoms with Crippen molar-refractivity contribution >= 4 is 34.7 Å². The molecule has 7 heteroatoms. The summed E-state index contributed by atoms with van der Waals surface area (Å²) in [7, 11) is 0. The molecule has 1 aromatic rings. The molecule has 0 spiro atoms. The molecule has 3 rings (SSSR count). The van der Waals surface area contributed by atoms with Gasteiger partial charge in [0.2, 0.25) is 0 Å². The topological polar surface area (TPSA) is 80.8 Å². The number of carbonyl (C=O) groups excluding carboxylic acids is 4. The maximum absolute atomic E-state index is 12.0. The molecule has 0 N–H and O–H groups in total. The number of nitrogens with zero attached hydrogens (tertiary/aromatic N) is 1. The molecule has 1 fully saturated rings. The predicted octanol–water partition coefficient (Wildman–Crippen LogP) is 1.02. The first-order chi connectivity index (χ1) is 9.58. The van der Waals surface area contributed by atoms with E-state index in [2.05, 4.69) is 0 Å². The monoisotopic (exact) mass is 291 g/mol. The van der Waals surface area contributed by atoms with Crippen molar-refractivity contribution in [1.29, 1.82) is 0 Å². The van der Waals surface area contributed by atoms with Crippen LogP contribution in [0.4, 0.5) is 0 Å². The van der Waals surface area contributed by atoms with Crippen LogP contribution in [0.5, 0.6) is 0 Å². The van der Waals surface area contributed by atoms with Gasteiger partial charge in [-0.2, -0.15) is 0 Å². The largest absolute Gasteiger partial charge is 0.337 e. The van der Waals surface area contributed by atoms with E-state index in [1.54, 1.807) is 12.1 Å². The first kappa shape index (κ1) is 12.9. The summed E-state index contributed by atoms with van der Waals surface area (Å²) in [5, 5.41) is 0.384. The first-order valence-corrected chi connectivity index (χ1v) is 6.91. The summed E-state index contributed by atoms with van der Waals surface area (Å²) in [6, 6.07) is 6.25. The fourth-order valence-electron chi connectivity index (χ4n) is 2.08. The van der Waals surface area contributed by atoms with Crippen LogP contribution in [0, 0.1) is 5.92 Å². The molecule has 20 heavy (non-hydrogen) atoms. The lowest BCUT2D eigenvalue weighted by Gasteiger charge is -2.14. The van der Waals surface area contributed by atoms with Crippen LogP contribution < -0.4 is 0 Å². The second kappa shape index (κ2) is 4.75. The Labute approximate surface area is 118 Å². The minimum absolute atomic E-state index is 0.0761. The van der Waals surface area contributed by atoms with E-state index >= 15 is 0 Å². The normalized spacial score (nSPS) is 21.3. The van der Waals surface area contributed by atoms with Crippen LogP contribution in [0.1, 0.15) is 27.1 Å². The number of hydroxylamine groups is 2. The third-order valence-electron chi connectivity index (χ3n) is 3.13. The third kappa shape index (κ3) is 2.00. The van der Waals surface area contributed by atoms with Gasteiger partial charge in [-0.1, -0.05) is 29.0 Å². The van der Waals surface area contributed by atoms with Gasteiger partial charge in [-0.05, 0) is 12.1 Å². The van der Waals surface area contributed by atoms with E-state index in [0.29, 0.717) is 10.8 Å². The molecule has 0 aromatic heterocycles. The highest BCUT2D eigenvalue weighted by Crippen LogP contribution is 2.28. The van der Waals surface area contributed by atoms with Crippen molar-refractivity contribution in [3.63, 3.8) is 0 Å². The number of carbonyl (C=O) groups is 4. The number of thioether (sulfide) groups is 1. The molecule has 102 valence electrons. The Balaban J connectivity index is 1.77. The molecular weight excluding hydrogens is 282 g/mol. The minimum Gasteiger partial charge on any atom is -0.329 e. The van der Waals surface area contributed by atoms with Crippen LogP contribution in [-0.2, 0) is 14.4 Å². The molecule has 1 saturated heterocycles. The van der Waals surface area contributed by atoms with E-state index < -0.39 is 23.7 Å². The zero-order valence-electron chi connectivity index (χ0n) is 10.2. The molecule has 2 aliphatic rings. The quantitative estimate of drug-likeness (QED) is 0.757. The fourth-order valence-corrected chi connectivity index (χ4v) is 3.04. The molecule has 0 radical (unpaired) electrons. The van der Waals surface area contributed by atoms with Gasteiger partial charge in [0.1, 0.15) is 0 Å². The average molecular weight is 291 g/mol. The Morgan fingerprint density at radius 2 is 1.75 bits per heavy atom. The van der Waals surface area contributed by atoms with Crippen LogP contribution in [-0.4, -0.2) is 33.7 Å². The van der Waals surface area contributed by atoms with Crippen LogP contribution in [0.2, 0.25) is 0 Å². The SMILES string of the molecule is O=C1CC(C(=O)ON2C(=O)c3ccccc3C2=O)CS1. The molecular formula is C13H9NO5S. The van der Waals surface area contributed by atoms with Gasteiger partial charge >= 0.3 is 5.97 Å². The lowest BCUT2D eigenvalue weighted by Crippen LogP contribution is -2.35. The van der Waals surface area contributed by atoms with Gasteiger partial charge < -0.3 is 4.84 Å². The molecule has 0 aliphatic carbocycles. The van der Waals surface area contributed by atoms with Crippen LogP contribution in [0.3, 0.4) is 0 Å². The van der Waals surface area contributed by atoms with Crippen molar-refractivity contribution in [3.8, 4) is 0 Å². The zero-order chi connectivity index (χ0) is 14.3. The number of benzene rings is 1. The first-order valence-electron chi connectivity index (χ1n) is 5.93. The Bertz CT molecular complexity index is 606. The van der Waals surface area contributed by atoms with Gasteiger partial charge in [0, 0.05) is 12.2 Å². The Morgan fingerprint density at radius 3 is 2.25 bits per heavy atom. The van der Waals surface area contributed by atoms with Crippen molar-refractivity contribution in [2.24, 2.45) is 5.92 Å². The number of fused-ring (bicyclic) bond motifs is 1. The maximum Gasteiger partial charge on any atom is 0.337 e. The van der Waals surface area contributed by atoms with Gasteiger partial charge in [0.25, 0.3) is 11.8 Å². The molecule has 2 amide bonds. The van der Waals surface area contributed by atoms with E-state index in [1.165, 1.54) is 12.1 Å². The highest BCUT2D eigenvalue weighted by molar-refractivity contribution is 8.14. The fraction of sp³-hybridized carbons (Fsp3) is 0.231. The smallest absolute Gasteiger partial charge is 0.329 e. The lowest BCUT2D eigenvalue weighted by atomic mass is 10.1. The Kier molecular flexibility index (Phi) is 3.06. The van der Waals surface area contributed by atoms with Crippen molar-refractivity contribution in [2.45, 2.75) is 6.42 Å². The summed E-state index contributed by atoms with van der Waals surface area (Å²) in [5.41, 5.74) is 0.421. The Hall–Kier alpha value is -2.15. The van der Waals surface area contributed by atoms with E-state index in [-0.39, 0.29) is 22.7 Å². The number of imide groups is 1. The van der Waals surface area contributed by atoms with E-state index in [1.807, 2.05) is 0 Å². The Morgan fingerprint density at radius 1 is 1.15 bits per heavy atom. The number of amides is 2. The lowest BCUT2D eigenvalue weighted by molar-refractivity contribution is -0.173. The highest BCUT2D eigenvalue weighted by Gasteiger charge is 2.40. The average Bonchev–Trinajstić information content (AvgIpc) is 2.98. The van der Waals surface area contributed by atoms with Crippen molar-refractivity contribution in [1.82, 2.24) is 5.06 Å². The number of hydrogen-bond donors (Lipinski definition) is 0. The molecule has 1 aromatic carbocycles. The summed E-state index contributed by atoms with van der Waals surface area (Å²) >= 11 is 1.05. The maximum atomic E-state index is 12.0. The summed E-state index contributed by atoms with van der Waals surface area (Å²) in [5.74, 6) is -2.32. The van der Waals surface area contributed by atoms with Gasteiger partial charge in [-0.15, -0.1) is 0 Å². The van der Waals surface area contributed by atoms with E-state index in [9.17, 15) is 19.2 Å². The molecule has 0 saturated carbocycles. The molecule has 1 atom stereocenters. The molecule has 2 aliphatic heterocycles. The van der Waals surface area contributed by atoms with E-state index in [0.717, 1.165) is 11.8 Å². The predicted molar refractivity (Wildman–Crippen MR) is 68.6 cm³/mol. The summed E-state index contributed by atoms with van der Waals surface area (Å²) in [6.07, 6.45) is 0.0761. The van der Waals surface area contributed by atoms with Crippen LogP contribution in [0.25, 0.3) is 0 Å². The minimum atomic E-state index is -0.724. The third-order valence-corrected chi connectivity index (χ3v) is 4.19. The second-order valence-electron chi connectivity index (χ2n) is 4.44. The summed E-state index contributed by atoms with van der Waals surface area (Å²) in [4.78, 5) is 51.8. The van der Waals surface area contributed by atoms with Gasteiger partial charge in [-0.25, -0.2) is 4.79 Å². The standard InChI is InChI=1S/C13H9NO5S/c15-10-5-7(6-20-10)13(18)19-14-11(16)8-3-1-2-4-9(8)12(14)17/h1-4,7H,5-6H2. The van der Waals surface area contributed by atoms with Gasteiger partial charge in [0.15, 0.2) is 5.12 Å². The van der Waals surface area contributed by atoms with Crippen molar-refractivity contribution in [2.75, 3.05) is 5.75 Å². The molecule has 6 nitrogen and oxygen atoms in total. The van der Waals surface area contributed by atoms with Crippen LogP contribution in [0.15, 0.2) is 24.3 Å². The highest BCUT2D eigenvalue weighted by atomic mass is 32.2. The van der Waals surface area contributed by atoms with Gasteiger partial charge in [0.05, 0.1) is 17.0 Å². The second-order valence-corrected chi connectivity index (χ2v) is 5.52.